The van der Waals surface area contributed by atoms with Crippen LogP contribution in [0.2, 0.25) is 0 Å². The second-order valence-corrected chi connectivity index (χ2v) is 6.86. The van der Waals surface area contributed by atoms with E-state index in [1.165, 1.54) is 11.6 Å². The number of nitrogens with zero attached hydrogens (tertiary/aromatic N) is 3. The van der Waals surface area contributed by atoms with E-state index in [2.05, 4.69) is 22.2 Å². The first-order valence-corrected chi connectivity index (χ1v) is 9.18. The Bertz CT molecular complexity index is 961. The van der Waals surface area contributed by atoms with E-state index >= 15 is 0 Å². The predicted molar refractivity (Wildman–Crippen MR) is 104 cm³/mol. The van der Waals surface area contributed by atoms with Gasteiger partial charge in [-0.05, 0) is 30.4 Å². The van der Waals surface area contributed by atoms with E-state index in [4.69, 9.17) is 4.84 Å². The van der Waals surface area contributed by atoms with Gasteiger partial charge in [0.15, 0.2) is 0 Å². The number of carbonyl (C=O) groups excluding carboxylic acids is 1. The molecule has 2 aliphatic rings. The molecule has 7 nitrogen and oxygen atoms in total. The summed E-state index contributed by atoms with van der Waals surface area (Å²) >= 11 is 0. The Labute approximate surface area is 162 Å². The first-order valence-electron chi connectivity index (χ1n) is 9.18. The van der Waals surface area contributed by atoms with Gasteiger partial charge in [-0.3, -0.25) is 10.1 Å². The number of rotatable bonds is 4. The summed E-state index contributed by atoms with van der Waals surface area (Å²) in [7, 11) is 0. The Balaban J connectivity index is 1.54. The van der Waals surface area contributed by atoms with Crippen LogP contribution in [0.25, 0.3) is 0 Å². The largest absolute Gasteiger partial charge is 0.377 e. The van der Waals surface area contributed by atoms with Crippen molar-refractivity contribution in [2.75, 3.05) is 13.1 Å². The number of nitro groups is 1. The maximum atomic E-state index is 12.2. The van der Waals surface area contributed by atoms with Crippen LogP contribution in [-0.4, -0.2) is 34.6 Å². The average molecular weight is 377 g/mol. The zero-order valence-electron chi connectivity index (χ0n) is 15.2. The molecule has 0 atom stereocenters. The Morgan fingerprint density at radius 1 is 1.07 bits per heavy atom. The van der Waals surface area contributed by atoms with Gasteiger partial charge in [-0.2, -0.15) is 0 Å². The molecular formula is C21H19N3O4. The van der Waals surface area contributed by atoms with Gasteiger partial charge in [0.2, 0.25) is 0 Å². The van der Waals surface area contributed by atoms with E-state index in [9.17, 15) is 14.9 Å². The van der Waals surface area contributed by atoms with Gasteiger partial charge in [0.25, 0.3) is 5.69 Å². The molecule has 4 rings (SSSR count). The van der Waals surface area contributed by atoms with E-state index in [1.54, 1.807) is 24.4 Å². The second kappa shape index (κ2) is 7.64. The van der Waals surface area contributed by atoms with Gasteiger partial charge in [0, 0.05) is 25.4 Å². The third-order valence-electron chi connectivity index (χ3n) is 5.16. The second-order valence-electron chi connectivity index (χ2n) is 6.86. The highest BCUT2D eigenvalue weighted by molar-refractivity contribution is 6.29. The molecule has 1 saturated heterocycles. The number of likely N-dealkylation sites (tertiary alicyclic amines) is 1. The quantitative estimate of drug-likeness (QED) is 0.352. The molecule has 0 bridgehead atoms. The third kappa shape index (κ3) is 3.51. The summed E-state index contributed by atoms with van der Waals surface area (Å²) in [6.07, 6.45) is 3.67. The van der Waals surface area contributed by atoms with Crippen molar-refractivity contribution in [2.24, 2.45) is 5.16 Å². The molecule has 0 aromatic heterocycles. The molecule has 0 saturated carbocycles. The smallest absolute Gasteiger partial charge is 0.369 e. The van der Waals surface area contributed by atoms with Gasteiger partial charge in [-0.1, -0.05) is 47.6 Å². The molecule has 0 spiro atoms. The van der Waals surface area contributed by atoms with Crippen LogP contribution in [-0.2, 0) is 9.63 Å². The van der Waals surface area contributed by atoms with Gasteiger partial charge >= 0.3 is 5.97 Å². The molecule has 0 aliphatic carbocycles. The fourth-order valence-electron chi connectivity index (χ4n) is 3.69. The van der Waals surface area contributed by atoms with E-state index in [0.29, 0.717) is 5.92 Å². The summed E-state index contributed by atoms with van der Waals surface area (Å²) in [4.78, 5) is 29.9. The van der Waals surface area contributed by atoms with Gasteiger partial charge in [0.05, 0.1) is 10.5 Å². The van der Waals surface area contributed by atoms with Gasteiger partial charge < -0.3 is 9.74 Å². The molecule has 0 amide bonds. The molecule has 2 heterocycles. The van der Waals surface area contributed by atoms with Crippen molar-refractivity contribution in [1.29, 1.82) is 0 Å². The van der Waals surface area contributed by atoms with Crippen LogP contribution in [0, 0.1) is 10.1 Å². The molecule has 7 heteroatoms. The number of para-hydroxylation sites is 1. The molecule has 2 aromatic carbocycles. The van der Waals surface area contributed by atoms with Crippen molar-refractivity contribution >= 4 is 17.4 Å². The van der Waals surface area contributed by atoms with Crippen LogP contribution < -0.4 is 0 Å². The zero-order valence-corrected chi connectivity index (χ0v) is 15.2. The lowest BCUT2D eigenvalue weighted by Gasteiger charge is -2.31. The summed E-state index contributed by atoms with van der Waals surface area (Å²) in [6.45, 7) is 1.58. The topological polar surface area (TPSA) is 85.0 Å². The number of carbonyl (C=O) groups is 1. The number of hydrogen-bond donors (Lipinski definition) is 0. The minimum absolute atomic E-state index is 0.103. The number of piperidine rings is 1. The van der Waals surface area contributed by atoms with Crippen molar-refractivity contribution in [3.8, 4) is 0 Å². The molecular weight excluding hydrogens is 358 g/mol. The fraction of sp³-hybridized carbons (Fsp3) is 0.238. The number of oxime groups is 1. The molecule has 0 unspecified atom stereocenters. The first-order chi connectivity index (χ1) is 13.6. The molecule has 28 heavy (non-hydrogen) atoms. The normalized spacial score (nSPS) is 18.9. The lowest BCUT2D eigenvalue weighted by molar-refractivity contribution is -0.385. The summed E-state index contributed by atoms with van der Waals surface area (Å²) < 4.78 is 0. The van der Waals surface area contributed by atoms with Crippen LogP contribution in [0.4, 0.5) is 5.69 Å². The SMILES string of the molecule is O=C1ON=C(c2ccccc2[N+](=O)[O-])C1=CN1CCC(c2ccccc2)CC1. The van der Waals surface area contributed by atoms with Crippen LogP contribution in [0.15, 0.2) is 71.5 Å². The Morgan fingerprint density at radius 2 is 1.75 bits per heavy atom. The molecule has 0 radical (unpaired) electrons. The highest BCUT2D eigenvalue weighted by Crippen LogP contribution is 2.30. The van der Waals surface area contributed by atoms with Crippen LogP contribution >= 0.6 is 0 Å². The van der Waals surface area contributed by atoms with Crippen molar-refractivity contribution in [2.45, 2.75) is 18.8 Å². The fourth-order valence-corrected chi connectivity index (χ4v) is 3.69. The lowest BCUT2D eigenvalue weighted by atomic mass is 9.89. The van der Waals surface area contributed by atoms with E-state index < -0.39 is 10.9 Å². The maximum absolute atomic E-state index is 12.2. The molecule has 2 aliphatic heterocycles. The summed E-state index contributed by atoms with van der Waals surface area (Å²) in [5.74, 6) is -0.0898. The minimum Gasteiger partial charge on any atom is -0.377 e. The lowest BCUT2D eigenvalue weighted by Crippen LogP contribution is -2.30. The molecule has 0 N–H and O–H groups in total. The highest BCUT2D eigenvalue weighted by atomic mass is 16.7. The van der Waals surface area contributed by atoms with Crippen LogP contribution in [0.5, 0.6) is 0 Å². The third-order valence-corrected chi connectivity index (χ3v) is 5.16. The maximum Gasteiger partial charge on any atom is 0.369 e. The molecule has 2 aromatic rings. The van der Waals surface area contributed by atoms with E-state index in [-0.39, 0.29) is 22.5 Å². The Hall–Kier alpha value is -3.48. The monoisotopic (exact) mass is 377 g/mol. The Kier molecular flexibility index (Phi) is 4.89. The zero-order chi connectivity index (χ0) is 19.5. The van der Waals surface area contributed by atoms with Crippen molar-refractivity contribution < 1.29 is 14.6 Å². The van der Waals surface area contributed by atoms with Crippen molar-refractivity contribution in [3.63, 3.8) is 0 Å². The number of benzene rings is 2. The van der Waals surface area contributed by atoms with Gasteiger partial charge in [0.1, 0.15) is 11.3 Å². The van der Waals surface area contributed by atoms with Crippen LogP contribution in [0.1, 0.15) is 29.9 Å². The summed E-state index contributed by atoms with van der Waals surface area (Å²) in [5, 5.41) is 15.1. The minimum atomic E-state index is -0.585. The standard InChI is InChI=1S/C21H19N3O4/c25-21-18(20(22-28-21)17-8-4-5-9-19(17)24(26)27)14-23-12-10-16(11-13-23)15-6-2-1-3-7-15/h1-9,14,16H,10-13H2. The van der Waals surface area contributed by atoms with Crippen LogP contribution in [0.3, 0.4) is 0 Å². The molecule has 1 fully saturated rings. The van der Waals surface area contributed by atoms with E-state index in [1.807, 2.05) is 18.2 Å². The average Bonchev–Trinajstić information content (AvgIpc) is 3.09. The van der Waals surface area contributed by atoms with E-state index in [0.717, 1.165) is 25.9 Å². The number of hydrogen-bond acceptors (Lipinski definition) is 6. The molecule has 142 valence electrons. The first kappa shape index (κ1) is 17.9. The highest BCUT2D eigenvalue weighted by Gasteiger charge is 2.32. The predicted octanol–water partition coefficient (Wildman–Crippen LogP) is 3.62. The number of nitro benzene ring substituents is 1. The summed E-state index contributed by atoms with van der Waals surface area (Å²) in [6, 6.07) is 16.6. The van der Waals surface area contributed by atoms with Gasteiger partial charge in [-0.15, -0.1) is 0 Å². The summed E-state index contributed by atoms with van der Waals surface area (Å²) in [5.41, 5.74) is 1.98. The van der Waals surface area contributed by atoms with Gasteiger partial charge in [-0.25, -0.2) is 4.79 Å². The van der Waals surface area contributed by atoms with Crippen molar-refractivity contribution in [3.05, 3.63) is 87.6 Å². The van der Waals surface area contributed by atoms with Crippen molar-refractivity contribution in [1.82, 2.24) is 4.90 Å². The Morgan fingerprint density at radius 3 is 2.46 bits per heavy atom.